The first-order chi connectivity index (χ1) is 8.04. The van der Waals surface area contributed by atoms with Crippen LogP contribution in [0.25, 0.3) is 0 Å². The van der Waals surface area contributed by atoms with Gasteiger partial charge in [-0.15, -0.1) is 0 Å². The molecule has 0 saturated heterocycles. The summed E-state index contributed by atoms with van der Waals surface area (Å²) in [5, 5.41) is 11.5. The molecule has 0 aliphatic carbocycles. The maximum absolute atomic E-state index is 11.7. The van der Waals surface area contributed by atoms with Gasteiger partial charge >= 0.3 is 5.97 Å². The Hall–Kier alpha value is -1.56. The summed E-state index contributed by atoms with van der Waals surface area (Å²) in [7, 11) is 0. The molecule has 0 bridgehead atoms. The highest BCUT2D eigenvalue weighted by atomic mass is 32.2. The molecule has 17 heavy (non-hydrogen) atoms. The molecular formula is C11H14N2O3S. The Balaban J connectivity index is 2.75. The van der Waals surface area contributed by atoms with Crippen molar-refractivity contribution >= 4 is 23.6 Å². The lowest BCUT2D eigenvalue weighted by Crippen LogP contribution is -2.34. The van der Waals surface area contributed by atoms with Gasteiger partial charge in [0.25, 0.3) is 5.91 Å². The van der Waals surface area contributed by atoms with Crippen molar-refractivity contribution < 1.29 is 14.7 Å². The van der Waals surface area contributed by atoms with Gasteiger partial charge in [-0.05, 0) is 25.3 Å². The Morgan fingerprint density at radius 1 is 1.59 bits per heavy atom. The van der Waals surface area contributed by atoms with E-state index in [1.165, 1.54) is 18.3 Å². The minimum absolute atomic E-state index is 0.0211. The SMILES string of the molecule is CSCC(C)NC(=O)c1cc(C(=O)O)ccn1. The minimum atomic E-state index is -1.07. The van der Waals surface area contributed by atoms with Crippen LogP contribution < -0.4 is 5.32 Å². The van der Waals surface area contributed by atoms with E-state index in [0.717, 1.165) is 5.75 Å². The zero-order chi connectivity index (χ0) is 12.8. The molecule has 0 aliphatic heterocycles. The van der Waals surface area contributed by atoms with E-state index in [2.05, 4.69) is 10.3 Å². The molecule has 0 fully saturated rings. The third kappa shape index (κ3) is 4.07. The maximum atomic E-state index is 11.7. The molecule has 5 nitrogen and oxygen atoms in total. The van der Waals surface area contributed by atoms with Crippen molar-refractivity contribution in [3.8, 4) is 0 Å². The third-order valence-corrected chi connectivity index (χ3v) is 2.87. The summed E-state index contributed by atoms with van der Waals surface area (Å²) in [6.07, 6.45) is 3.27. The number of carboxylic acid groups (broad SMARTS) is 1. The molecule has 0 aliphatic rings. The van der Waals surface area contributed by atoms with Crippen LogP contribution in [-0.4, -0.2) is 40.0 Å². The van der Waals surface area contributed by atoms with Gasteiger partial charge in [0.2, 0.25) is 0 Å². The summed E-state index contributed by atoms with van der Waals surface area (Å²) in [4.78, 5) is 26.3. The average Bonchev–Trinajstić information content (AvgIpc) is 2.29. The molecule has 6 heteroatoms. The summed E-state index contributed by atoms with van der Waals surface area (Å²) in [5.74, 6) is -0.627. The van der Waals surface area contributed by atoms with Crippen molar-refractivity contribution in [2.24, 2.45) is 0 Å². The van der Waals surface area contributed by atoms with Crippen LogP contribution >= 0.6 is 11.8 Å². The lowest BCUT2D eigenvalue weighted by molar-refractivity contribution is 0.0696. The van der Waals surface area contributed by atoms with Crippen LogP contribution in [0.4, 0.5) is 0 Å². The largest absolute Gasteiger partial charge is 0.478 e. The molecule has 1 heterocycles. The Morgan fingerprint density at radius 3 is 2.88 bits per heavy atom. The van der Waals surface area contributed by atoms with E-state index >= 15 is 0 Å². The highest BCUT2D eigenvalue weighted by molar-refractivity contribution is 7.98. The van der Waals surface area contributed by atoms with Gasteiger partial charge in [-0.2, -0.15) is 11.8 Å². The molecule has 1 amide bonds. The second kappa shape index (κ2) is 6.24. The average molecular weight is 254 g/mol. The molecule has 92 valence electrons. The molecule has 0 radical (unpaired) electrons. The number of hydrogen-bond donors (Lipinski definition) is 2. The number of nitrogens with one attached hydrogen (secondary N) is 1. The van der Waals surface area contributed by atoms with E-state index in [-0.39, 0.29) is 23.2 Å². The van der Waals surface area contributed by atoms with Crippen LogP contribution in [0, 0.1) is 0 Å². The van der Waals surface area contributed by atoms with Crippen LogP contribution in [0.15, 0.2) is 18.3 Å². The summed E-state index contributed by atoms with van der Waals surface area (Å²) >= 11 is 1.63. The molecule has 1 atom stereocenters. The van der Waals surface area contributed by atoms with Gasteiger partial charge in [-0.1, -0.05) is 0 Å². The summed E-state index contributed by atoms with van der Waals surface area (Å²) in [6.45, 7) is 1.88. The van der Waals surface area contributed by atoms with Crippen LogP contribution in [0.1, 0.15) is 27.8 Å². The molecule has 0 saturated carbocycles. The van der Waals surface area contributed by atoms with Gasteiger partial charge < -0.3 is 10.4 Å². The first-order valence-corrected chi connectivity index (χ1v) is 6.43. The number of pyridine rings is 1. The minimum Gasteiger partial charge on any atom is -0.478 e. The topological polar surface area (TPSA) is 79.3 Å². The summed E-state index contributed by atoms with van der Waals surface area (Å²) in [6, 6.07) is 2.64. The molecule has 1 aromatic rings. The number of hydrogen-bond acceptors (Lipinski definition) is 4. The number of aromatic carboxylic acids is 1. The fourth-order valence-corrected chi connectivity index (χ4v) is 1.86. The van der Waals surface area contributed by atoms with Crippen LogP contribution in [-0.2, 0) is 0 Å². The first kappa shape index (κ1) is 13.5. The number of amides is 1. The second-order valence-electron chi connectivity index (χ2n) is 3.56. The van der Waals surface area contributed by atoms with Crippen molar-refractivity contribution in [1.82, 2.24) is 10.3 Å². The van der Waals surface area contributed by atoms with Crippen molar-refractivity contribution in [2.45, 2.75) is 13.0 Å². The number of carboxylic acids is 1. The normalized spacial score (nSPS) is 11.9. The highest BCUT2D eigenvalue weighted by Gasteiger charge is 2.12. The molecule has 2 N–H and O–H groups in total. The Morgan fingerprint density at radius 2 is 2.29 bits per heavy atom. The number of rotatable bonds is 5. The number of nitrogens with zero attached hydrogens (tertiary/aromatic N) is 1. The lowest BCUT2D eigenvalue weighted by atomic mass is 10.2. The van der Waals surface area contributed by atoms with Gasteiger partial charge in [0.05, 0.1) is 5.56 Å². The number of carbonyl (C=O) groups is 2. The summed E-state index contributed by atoms with van der Waals surface area (Å²) in [5.41, 5.74) is 0.181. The van der Waals surface area contributed by atoms with E-state index in [1.54, 1.807) is 11.8 Å². The monoisotopic (exact) mass is 254 g/mol. The van der Waals surface area contributed by atoms with Gasteiger partial charge in [0.15, 0.2) is 0 Å². The fourth-order valence-electron chi connectivity index (χ4n) is 1.28. The molecule has 1 rings (SSSR count). The predicted molar refractivity (Wildman–Crippen MR) is 66.5 cm³/mol. The van der Waals surface area contributed by atoms with Crippen LogP contribution in [0.3, 0.4) is 0 Å². The van der Waals surface area contributed by atoms with E-state index in [1.807, 2.05) is 13.2 Å². The quantitative estimate of drug-likeness (QED) is 0.827. The van der Waals surface area contributed by atoms with Gasteiger partial charge in [-0.3, -0.25) is 9.78 Å². The first-order valence-electron chi connectivity index (χ1n) is 5.03. The zero-order valence-corrected chi connectivity index (χ0v) is 10.5. The van der Waals surface area contributed by atoms with E-state index in [0.29, 0.717) is 0 Å². The lowest BCUT2D eigenvalue weighted by Gasteiger charge is -2.11. The van der Waals surface area contributed by atoms with Gasteiger partial charge in [0.1, 0.15) is 5.69 Å². The van der Waals surface area contributed by atoms with Crippen molar-refractivity contribution in [3.05, 3.63) is 29.6 Å². The van der Waals surface area contributed by atoms with Crippen molar-refractivity contribution in [3.63, 3.8) is 0 Å². The maximum Gasteiger partial charge on any atom is 0.335 e. The zero-order valence-electron chi connectivity index (χ0n) is 9.64. The van der Waals surface area contributed by atoms with E-state index in [9.17, 15) is 9.59 Å². The number of aromatic nitrogens is 1. The van der Waals surface area contributed by atoms with Crippen molar-refractivity contribution in [1.29, 1.82) is 0 Å². The number of carbonyl (C=O) groups excluding carboxylic acids is 1. The van der Waals surface area contributed by atoms with Gasteiger partial charge in [0, 0.05) is 18.0 Å². The number of thioether (sulfide) groups is 1. The van der Waals surface area contributed by atoms with Crippen LogP contribution in [0.2, 0.25) is 0 Å². The predicted octanol–water partition coefficient (Wildman–Crippen LogP) is 1.26. The third-order valence-electron chi connectivity index (χ3n) is 2.03. The Bertz CT molecular complexity index is 423. The standard InChI is InChI=1S/C11H14N2O3S/c1-7(6-17-2)13-10(14)9-5-8(11(15)16)3-4-12-9/h3-5,7H,6H2,1-2H3,(H,13,14)(H,15,16). The fraction of sp³-hybridized carbons (Fsp3) is 0.364. The van der Waals surface area contributed by atoms with E-state index < -0.39 is 5.97 Å². The van der Waals surface area contributed by atoms with Gasteiger partial charge in [-0.25, -0.2) is 4.79 Å². The van der Waals surface area contributed by atoms with Crippen molar-refractivity contribution in [2.75, 3.05) is 12.0 Å². The molecule has 0 spiro atoms. The highest BCUT2D eigenvalue weighted by Crippen LogP contribution is 2.03. The summed E-state index contributed by atoms with van der Waals surface area (Å²) < 4.78 is 0. The van der Waals surface area contributed by atoms with E-state index in [4.69, 9.17) is 5.11 Å². The van der Waals surface area contributed by atoms with Crippen LogP contribution in [0.5, 0.6) is 0 Å². The Labute approximate surface area is 104 Å². The molecular weight excluding hydrogens is 240 g/mol. The second-order valence-corrected chi connectivity index (χ2v) is 4.48. The smallest absolute Gasteiger partial charge is 0.335 e. The Kier molecular flexibility index (Phi) is 4.96. The molecule has 1 unspecified atom stereocenters. The molecule has 0 aromatic carbocycles. The molecule has 1 aromatic heterocycles.